The first kappa shape index (κ1) is 25.8. The van der Waals surface area contributed by atoms with Crippen LogP contribution in [-0.2, 0) is 19.5 Å². The van der Waals surface area contributed by atoms with E-state index in [1.54, 1.807) is 0 Å². The molecule has 0 aromatic carbocycles. The van der Waals surface area contributed by atoms with E-state index in [9.17, 15) is 0 Å². The van der Waals surface area contributed by atoms with E-state index in [1.807, 2.05) is 0 Å². The Labute approximate surface area is 106 Å². The Hall–Kier alpha value is 1.01. The molecule has 0 aromatic rings. The molecule has 101 valence electrons. The van der Waals surface area contributed by atoms with Crippen LogP contribution in [0.2, 0.25) is 0 Å². The summed E-state index contributed by atoms with van der Waals surface area (Å²) in [5, 5.41) is 0. The van der Waals surface area contributed by atoms with Crippen molar-refractivity contribution in [3.63, 3.8) is 0 Å². The van der Waals surface area contributed by atoms with Gasteiger partial charge < -0.3 is 0 Å². The van der Waals surface area contributed by atoms with E-state index in [2.05, 4.69) is 0 Å². The van der Waals surface area contributed by atoms with Crippen LogP contribution < -0.4 is 55.9 Å². The van der Waals surface area contributed by atoms with Crippen LogP contribution in [0.5, 0.6) is 0 Å². The van der Waals surface area contributed by atoms with Gasteiger partial charge in [-0.3, -0.25) is 0 Å². The van der Waals surface area contributed by atoms with E-state index in [1.165, 1.54) is 0 Å². The maximum Gasteiger partial charge on any atom is 3.00 e. The van der Waals surface area contributed by atoms with Crippen LogP contribution in [0.1, 0.15) is 0 Å². The Bertz CT molecular complexity index is 91.3. The molecule has 1 radical (unpaired) electrons. The van der Waals surface area contributed by atoms with Gasteiger partial charge in [0.25, 0.3) is 0 Å². The SMILES string of the molecule is [O-][Cl+3]([O-])([O-])[O-].[O-][Cl+3]([O-])([O-])[O-].[O-][Cl+3]([O-])([O-])[O-].[Ru+3]. The fourth-order valence-electron chi connectivity index (χ4n) is 0. The second kappa shape index (κ2) is 9.98. The molecule has 12 nitrogen and oxygen atoms in total. The minimum absolute atomic E-state index is 0. The summed E-state index contributed by atoms with van der Waals surface area (Å²) in [4.78, 5) is 0. The first-order valence-electron chi connectivity index (χ1n) is 1.85. The van der Waals surface area contributed by atoms with Gasteiger partial charge >= 0.3 is 19.5 Å². The predicted molar refractivity (Wildman–Crippen MR) is 0 cm³/mol. The van der Waals surface area contributed by atoms with E-state index in [0.29, 0.717) is 0 Å². The molecule has 0 bridgehead atoms. The van der Waals surface area contributed by atoms with E-state index in [0.717, 1.165) is 0 Å². The molecule has 16 heteroatoms. The molecule has 0 aromatic heterocycles. The molecule has 0 saturated carbocycles. The summed E-state index contributed by atoms with van der Waals surface area (Å²) in [6, 6.07) is 0. The second-order valence-electron chi connectivity index (χ2n) is 1.13. The summed E-state index contributed by atoms with van der Waals surface area (Å²) in [7, 11) is -14.8. The third-order valence-electron chi connectivity index (χ3n) is 0. The van der Waals surface area contributed by atoms with Gasteiger partial charge in [-0.2, -0.15) is 0 Å². The van der Waals surface area contributed by atoms with Gasteiger partial charge in [-0.15, -0.1) is 30.7 Å². The van der Waals surface area contributed by atoms with Crippen molar-refractivity contribution in [1.82, 2.24) is 0 Å². The first-order chi connectivity index (χ1) is 6.00. The van der Waals surface area contributed by atoms with Crippen molar-refractivity contribution >= 4 is 0 Å². The molecule has 0 atom stereocenters. The van der Waals surface area contributed by atoms with Crippen molar-refractivity contribution in [3.8, 4) is 0 Å². The average molecular weight is 399 g/mol. The van der Waals surface area contributed by atoms with E-state index in [-0.39, 0.29) is 19.5 Å². The first-order valence-corrected chi connectivity index (χ1v) is 5.55. The zero-order valence-electron chi connectivity index (χ0n) is 6.39. The normalized spacial score (nSPS) is 11.2. The largest absolute Gasteiger partial charge is 3.00 e. The van der Waals surface area contributed by atoms with Crippen LogP contribution in [0.15, 0.2) is 0 Å². The number of hydrogen-bond donors (Lipinski definition) is 0. The summed E-state index contributed by atoms with van der Waals surface area (Å²) in [6.45, 7) is 0. The Morgan fingerprint density at radius 3 is 0.312 bits per heavy atom. The monoisotopic (exact) mass is 399 g/mol. The van der Waals surface area contributed by atoms with Gasteiger partial charge in [0.05, 0.1) is 0 Å². The van der Waals surface area contributed by atoms with Gasteiger partial charge in [-0.25, -0.2) is 55.9 Å². The fourth-order valence-corrected chi connectivity index (χ4v) is 0. The minimum atomic E-state index is -4.94. The van der Waals surface area contributed by atoms with Crippen LogP contribution in [-0.4, -0.2) is 0 Å². The van der Waals surface area contributed by atoms with Crippen molar-refractivity contribution in [3.05, 3.63) is 0 Å². The molecule has 0 spiro atoms. The maximum atomic E-state index is 8.49. The van der Waals surface area contributed by atoms with Crippen LogP contribution >= 0.6 is 0 Å². The molecule has 0 aliphatic carbocycles. The van der Waals surface area contributed by atoms with Crippen molar-refractivity contribution in [2.45, 2.75) is 0 Å². The van der Waals surface area contributed by atoms with Gasteiger partial charge in [0.15, 0.2) is 0 Å². The molecule has 0 aliphatic rings. The van der Waals surface area contributed by atoms with Gasteiger partial charge in [0.1, 0.15) is 0 Å². The molecule has 16 heavy (non-hydrogen) atoms. The molecule has 0 N–H and O–H groups in total. The van der Waals surface area contributed by atoms with Crippen LogP contribution in [0.4, 0.5) is 0 Å². The fraction of sp³-hybridized carbons (Fsp3) is 0. The van der Waals surface area contributed by atoms with Crippen molar-refractivity contribution in [2.75, 3.05) is 0 Å². The van der Waals surface area contributed by atoms with Crippen LogP contribution in [0.3, 0.4) is 0 Å². The summed E-state index contributed by atoms with van der Waals surface area (Å²) in [5.74, 6) is 0. The molecule has 0 fully saturated rings. The van der Waals surface area contributed by atoms with Gasteiger partial charge in [-0.1, -0.05) is 0 Å². The minimum Gasteiger partial charge on any atom is -0.222 e. The predicted octanol–water partition coefficient (Wildman–Crippen LogP) is -14.3. The van der Waals surface area contributed by atoms with E-state index >= 15 is 0 Å². The Morgan fingerprint density at radius 1 is 0.312 bits per heavy atom. The molecule has 0 saturated heterocycles. The third kappa shape index (κ3) is 2870. The molecule has 0 aliphatic heterocycles. The van der Waals surface area contributed by atoms with Crippen molar-refractivity contribution < 1.29 is 106 Å². The Morgan fingerprint density at radius 2 is 0.312 bits per heavy atom. The standard InChI is InChI=1S/3ClHO4.Ru/c3*2-1(3,4)5;/h3*(H,2,3,4,5);/q;;;+3/p-3. The molecular weight excluding hydrogens is 399 g/mol. The molecular formula is Cl3O12Ru. The summed E-state index contributed by atoms with van der Waals surface area (Å²) >= 11 is 0. The number of halogens is 3. The van der Waals surface area contributed by atoms with E-state index < -0.39 is 30.7 Å². The van der Waals surface area contributed by atoms with E-state index in [4.69, 9.17) is 55.9 Å². The van der Waals surface area contributed by atoms with Crippen molar-refractivity contribution in [1.29, 1.82) is 0 Å². The quantitative estimate of drug-likeness (QED) is 0.343. The maximum absolute atomic E-state index is 8.49. The summed E-state index contributed by atoms with van der Waals surface area (Å²) < 4.78 is 102. The van der Waals surface area contributed by atoms with Crippen LogP contribution in [0, 0.1) is 30.7 Å². The third-order valence-corrected chi connectivity index (χ3v) is 0. The van der Waals surface area contributed by atoms with Gasteiger partial charge in [0.2, 0.25) is 0 Å². The second-order valence-corrected chi connectivity index (χ2v) is 3.40. The van der Waals surface area contributed by atoms with Gasteiger partial charge in [-0.05, 0) is 0 Å². The van der Waals surface area contributed by atoms with Crippen LogP contribution in [0.25, 0.3) is 0 Å². The Balaban J connectivity index is -0.0000000655. The summed E-state index contributed by atoms with van der Waals surface area (Å²) in [6.07, 6.45) is 0. The van der Waals surface area contributed by atoms with Crippen molar-refractivity contribution in [2.24, 2.45) is 0 Å². The number of hydrogen-bond acceptors (Lipinski definition) is 12. The Kier molecular flexibility index (Phi) is 16.1. The molecule has 0 heterocycles. The molecule has 0 amide bonds. The van der Waals surface area contributed by atoms with Gasteiger partial charge in [0, 0.05) is 0 Å². The topological polar surface area (TPSA) is 277 Å². The average Bonchev–Trinajstić information content (AvgIpc) is 1.41. The smallest absolute Gasteiger partial charge is 0.222 e. The summed E-state index contributed by atoms with van der Waals surface area (Å²) in [5.41, 5.74) is 0. The zero-order chi connectivity index (χ0) is 13.5. The zero-order valence-corrected chi connectivity index (χ0v) is 10.4. The number of rotatable bonds is 0. The molecule has 0 unspecified atom stereocenters. The molecule has 0 rings (SSSR count).